The standard InChI is InChI=1S/C19H19F2N5O/c1-26-11-17(24-25-26)16-7-13-6-15(22-9-14(13)10-23-16)8-18(27)12-2-4-19(20,21)5-3-12/h6-7,9-12H,2-5,8H2,1H3. The fourth-order valence-corrected chi connectivity index (χ4v) is 3.47. The molecule has 6 nitrogen and oxygen atoms in total. The van der Waals surface area contributed by atoms with E-state index in [1.807, 2.05) is 12.1 Å². The van der Waals surface area contributed by atoms with Crippen molar-refractivity contribution in [1.29, 1.82) is 0 Å². The van der Waals surface area contributed by atoms with Gasteiger partial charge in [0.15, 0.2) is 0 Å². The number of Topliss-reactive ketones (excluding diaryl/α,β-unsaturated/α-hetero) is 1. The van der Waals surface area contributed by atoms with Gasteiger partial charge in [0.25, 0.3) is 0 Å². The maximum Gasteiger partial charge on any atom is 0.248 e. The van der Waals surface area contributed by atoms with Crippen molar-refractivity contribution in [3.8, 4) is 11.4 Å². The first-order valence-corrected chi connectivity index (χ1v) is 8.91. The number of fused-ring (bicyclic) bond motifs is 1. The molecule has 0 aliphatic heterocycles. The molecule has 0 aromatic carbocycles. The van der Waals surface area contributed by atoms with Crippen LogP contribution in [0.1, 0.15) is 31.4 Å². The van der Waals surface area contributed by atoms with Gasteiger partial charge in [-0.25, -0.2) is 8.78 Å². The number of nitrogens with zero attached hydrogens (tertiary/aromatic N) is 5. The predicted molar refractivity (Wildman–Crippen MR) is 95.2 cm³/mol. The Hall–Kier alpha value is -2.77. The second-order valence-corrected chi connectivity index (χ2v) is 7.14. The molecule has 0 spiro atoms. The zero-order valence-corrected chi connectivity index (χ0v) is 14.9. The van der Waals surface area contributed by atoms with E-state index in [9.17, 15) is 13.6 Å². The molecule has 0 amide bonds. The molecule has 8 heteroatoms. The first kappa shape index (κ1) is 17.6. The van der Waals surface area contributed by atoms with Crippen molar-refractivity contribution in [2.75, 3.05) is 0 Å². The van der Waals surface area contributed by atoms with Crippen LogP contribution in [0, 0.1) is 5.92 Å². The predicted octanol–water partition coefficient (Wildman–Crippen LogP) is 3.36. The second-order valence-electron chi connectivity index (χ2n) is 7.14. The Balaban J connectivity index is 1.53. The van der Waals surface area contributed by atoms with Gasteiger partial charge in [-0.05, 0) is 30.4 Å². The second kappa shape index (κ2) is 6.75. The molecule has 140 valence electrons. The monoisotopic (exact) mass is 371 g/mol. The highest BCUT2D eigenvalue weighted by Crippen LogP contribution is 2.36. The van der Waals surface area contributed by atoms with Gasteiger partial charge >= 0.3 is 0 Å². The summed E-state index contributed by atoms with van der Waals surface area (Å²) in [5.41, 5.74) is 1.99. The Morgan fingerprint density at radius 2 is 1.89 bits per heavy atom. The van der Waals surface area contributed by atoms with Gasteiger partial charge in [0.1, 0.15) is 11.5 Å². The highest BCUT2D eigenvalue weighted by Gasteiger charge is 2.37. The van der Waals surface area contributed by atoms with Crippen LogP contribution in [0.2, 0.25) is 0 Å². The average Bonchev–Trinajstić information content (AvgIpc) is 3.07. The van der Waals surface area contributed by atoms with Gasteiger partial charge in [0.2, 0.25) is 5.92 Å². The van der Waals surface area contributed by atoms with E-state index in [2.05, 4.69) is 20.3 Å². The molecule has 27 heavy (non-hydrogen) atoms. The average molecular weight is 371 g/mol. The molecule has 0 N–H and O–H groups in total. The van der Waals surface area contributed by atoms with Crippen molar-refractivity contribution in [2.45, 2.75) is 38.0 Å². The summed E-state index contributed by atoms with van der Waals surface area (Å²) in [6, 6.07) is 3.74. The number of aryl methyl sites for hydroxylation is 1. The van der Waals surface area contributed by atoms with Crippen molar-refractivity contribution in [1.82, 2.24) is 25.0 Å². The maximum atomic E-state index is 13.3. The number of ketones is 1. The van der Waals surface area contributed by atoms with Gasteiger partial charge in [-0.1, -0.05) is 5.21 Å². The zero-order chi connectivity index (χ0) is 19.0. The maximum absolute atomic E-state index is 13.3. The third-order valence-corrected chi connectivity index (χ3v) is 5.05. The van der Waals surface area contributed by atoms with Crippen molar-refractivity contribution < 1.29 is 13.6 Å². The largest absolute Gasteiger partial charge is 0.299 e. The molecule has 3 heterocycles. The molecule has 0 saturated heterocycles. The third kappa shape index (κ3) is 3.84. The number of carbonyl (C=O) groups excluding carboxylic acids is 1. The van der Waals surface area contributed by atoms with Crippen molar-refractivity contribution in [2.24, 2.45) is 13.0 Å². The first-order valence-electron chi connectivity index (χ1n) is 8.91. The minimum atomic E-state index is -2.62. The Bertz CT molecular complexity index is 991. The van der Waals surface area contributed by atoms with Gasteiger partial charge in [-0.3, -0.25) is 19.4 Å². The lowest BCUT2D eigenvalue weighted by Gasteiger charge is -2.27. The smallest absolute Gasteiger partial charge is 0.248 e. The van der Waals surface area contributed by atoms with E-state index in [0.717, 1.165) is 10.8 Å². The van der Waals surface area contributed by atoms with Crippen LogP contribution in [-0.4, -0.2) is 36.7 Å². The fourth-order valence-electron chi connectivity index (χ4n) is 3.47. The van der Waals surface area contributed by atoms with E-state index in [0.29, 0.717) is 17.1 Å². The van der Waals surface area contributed by atoms with Crippen LogP contribution < -0.4 is 0 Å². The molecule has 1 aliphatic rings. The van der Waals surface area contributed by atoms with Crippen molar-refractivity contribution in [3.63, 3.8) is 0 Å². The molecule has 3 aromatic heterocycles. The number of carbonyl (C=O) groups is 1. The van der Waals surface area contributed by atoms with Crippen LogP contribution in [0.25, 0.3) is 22.2 Å². The van der Waals surface area contributed by atoms with E-state index in [-0.39, 0.29) is 43.8 Å². The van der Waals surface area contributed by atoms with Crippen LogP contribution in [0.5, 0.6) is 0 Å². The number of alkyl halides is 2. The first-order chi connectivity index (χ1) is 12.9. The summed E-state index contributed by atoms with van der Waals surface area (Å²) in [6.45, 7) is 0. The van der Waals surface area contributed by atoms with E-state index in [4.69, 9.17) is 0 Å². The number of rotatable bonds is 4. The SMILES string of the molecule is Cn1cc(-c2cc3cc(CC(=O)C4CCC(F)(F)CC4)ncc3cn2)nn1. The van der Waals surface area contributed by atoms with E-state index in [1.165, 1.54) is 0 Å². The summed E-state index contributed by atoms with van der Waals surface area (Å²) in [4.78, 5) is 21.2. The molecular weight excluding hydrogens is 352 g/mol. The van der Waals surface area contributed by atoms with Crippen LogP contribution in [0.4, 0.5) is 8.78 Å². The molecule has 1 saturated carbocycles. The zero-order valence-electron chi connectivity index (χ0n) is 14.9. The Morgan fingerprint density at radius 3 is 2.59 bits per heavy atom. The summed E-state index contributed by atoms with van der Waals surface area (Å²) >= 11 is 0. The number of hydrogen-bond acceptors (Lipinski definition) is 5. The summed E-state index contributed by atoms with van der Waals surface area (Å²) in [5.74, 6) is -2.93. The highest BCUT2D eigenvalue weighted by atomic mass is 19.3. The number of hydrogen-bond donors (Lipinski definition) is 0. The summed E-state index contributed by atoms with van der Waals surface area (Å²) < 4.78 is 28.2. The van der Waals surface area contributed by atoms with Crippen LogP contribution in [-0.2, 0) is 18.3 Å². The van der Waals surface area contributed by atoms with Gasteiger partial charge in [-0.15, -0.1) is 5.10 Å². The Kier molecular flexibility index (Phi) is 4.41. The molecule has 0 radical (unpaired) electrons. The van der Waals surface area contributed by atoms with E-state index < -0.39 is 5.92 Å². The molecule has 4 rings (SSSR count). The molecule has 0 unspecified atom stereocenters. The molecule has 0 atom stereocenters. The quantitative estimate of drug-likeness (QED) is 0.703. The Morgan fingerprint density at radius 1 is 1.15 bits per heavy atom. The third-order valence-electron chi connectivity index (χ3n) is 5.05. The molecule has 0 bridgehead atoms. The van der Waals surface area contributed by atoms with Gasteiger partial charge in [0.05, 0.1) is 11.9 Å². The summed E-state index contributed by atoms with van der Waals surface area (Å²) in [7, 11) is 1.78. The Labute approximate surface area is 154 Å². The van der Waals surface area contributed by atoms with Gasteiger partial charge < -0.3 is 0 Å². The van der Waals surface area contributed by atoms with Crippen LogP contribution >= 0.6 is 0 Å². The minimum Gasteiger partial charge on any atom is -0.299 e. The molecular formula is C19H19F2N5O. The van der Waals surface area contributed by atoms with Crippen LogP contribution in [0.3, 0.4) is 0 Å². The fraction of sp³-hybridized carbons (Fsp3) is 0.421. The molecule has 1 aliphatic carbocycles. The lowest BCUT2D eigenvalue weighted by molar-refractivity contribution is -0.126. The molecule has 3 aromatic rings. The normalized spacial score (nSPS) is 17.3. The lowest BCUT2D eigenvalue weighted by Crippen LogP contribution is -2.29. The number of halogens is 2. The minimum absolute atomic E-state index is 0.0134. The number of aromatic nitrogens is 5. The number of pyridine rings is 2. The topological polar surface area (TPSA) is 73.6 Å². The highest BCUT2D eigenvalue weighted by molar-refractivity contribution is 5.87. The van der Waals surface area contributed by atoms with Crippen molar-refractivity contribution >= 4 is 16.6 Å². The molecule has 1 fully saturated rings. The summed E-state index contributed by atoms with van der Waals surface area (Å²) in [6.07, 6.45) is 5.42. The van der Waals surface area contributed by atoms with Crippen molar-refractivity contribution in [3.05, 3.63) is 36.4 Å². The van der Waals surface area contributed by atoms with E-state index in [1.54, 1.807) is 30.3 Å². The lowest BCUT2D eigenvalue weighted by atomic mass is 9.83. The van der Waals surface area contributed by atoms with Gasteiger partial charge in [-0.2, -0.15) is 0 Å². The summed E-state index contributed by atoms with van der Waals surface area (Å²) in [5, 5.41) is 9.72. The van der Waals surface area contributed by atoms with Crippen LogP contribution in [0.15, 0.2) is 30.7 Å². The van der Waals surface area contributed by atoms with Gasteiger partial charge in [0, 0.05) is 55.7 Å². The van der Waals surface area contributed by atoms with E-state index >= 15 is 0 Å².